The van der Waals surface area contributed by atoms with E-state index in [1.165, 1.54) is 7.11 Å². The molecule has 0 fully saturated rings. The summed E-state index contributed by atoms with van der Waals surface area (Å²) in [5.41, 5.74) is 2.03. The van der Waals surface area contributed by atoms with Gasteiger partial charge in [0.1, 0.15) is 0 Å². The summed E-state index contributed by atoms with van der Waals surface area (Å²) in [4.78, 5) is 24.1. The Balaban J connectivity index is 1.90. The molecular weight excluding hydrogens is 346 g/mol. The molecule has 0 aliphatic heterocycles. The van der Waals surface area contributed by atoms with Crippen LogP contribution in [0.25, 0.3) is 0 Å². The van der Waals surface area contributed by atoms with E-state index in [1.807, 2.05) is 19.1 Å². The fourth-order valence-electron chi connectivity index (χ4n) is 2.29. The number of aryl methyl sites for hydroxylation is 1. The van der Waals surface area contributed by atoms with Gasteiger partial charge in [-0.2, -0.15) is 0 Å². The van der Waals surface area contributed by atoms with Gasteiger partial charge in [0.25, 0.3) is 5.91 Å². The Morgan fingerprint density at radius 2 is 1.78 bits per heavy atom. The number of rotatable bonds is 9. The Hall–Kier alpha value is -3.02. The minimum Gasteiger partial charge on any atom is -0.493 e. The van der Waals surface area contributed by atoms with Gasteiger partial charge in [-0.05, 0) is 43.7 Å². The van der Waals surface area contributed by atoms with Gasteiger partial charge in [0.15, 0.2) is 18.1 Å². The lowest BCUT2D eigenvalue weighted by Gasteiger charge is -2.12. The highest BCUT2D eigenvalue weighted by Gasteiger charge is 2.14. The third-order valence-corrected chi connectivity index (χ3v) is 3.82. The van der Waals surface area contributed by atoms with Crippen molar-refractivity contribution in [2.24, 2.45) is 0 Å². The molecule has 144 valence electrons. The predicted octanol–water partition coefficient (Wildman–Crippen LogP) is 3.98. The number of hydrogen-bond acceptors (Lipinski definition) is 5. The second-order valence-corrected chi connectivity index (χ2v) is 6.06. The molecule has 2 aromatic carbocycles. The molecule has 6 nitrogen and oxygen atoms in total. The van der Waals surface area contributed by atoms with Crippen LogP contribution in [0.15, 0.2) is 42.5 Å². The highest BCUT2D eigenvalue weighted by atomic mass is 16.5. The van der Waals surface area contributed by atoms with Gasteiger partial charge in [0.05, 0.1) is 19.3 Å². The van der Waals surface area contributed by atoms with E-state index in [0.29, 0.717) is 23.8 Å². The zero-order chi connectivity index (χ0) is 19.6. The molecule has 6 heteroatoms. The van der Waals surface area contributed by atoms with Crippen molar-refractivity contribution in [2.75, 3.05) is 25.6 Å². The molecule has 27 heavy (non-hydrogen) atoms. The minimum atomic E-state index is -0.604. The maximum absolute atomic E-state index is 12.2. The van der Waals surface area contributed by atoms with Gasteiger partial charge in [-0.1, -0.05) is 31.0 Å². The molecule has 0 saturated heterocycles. The normalized spacial score (nSPS) is 10.2. The fourth-order valence-corrected chi connectivity index (χ4v) is 2.29. The van der Waals surface area contributed by atoms with Gasteiger partial charge in [0, 0.05) is 5.69 Å². The van der Waals surface area contributed by atoms with Crippen molar-refractivity contribution < 1.29 is 23.8 Å². The average Bonchev–Trinajstić information content (AvgIpc) is 2.68. The Bertz CT molecular complexity index is 771. The number of ether oxygens (including phenoxy) is 3. The summed E-state index contributed by atoms with van der Waals surface area (Å²) in [5, 5.41) is 2.68. The quantitative estimate of drug-likeness (QED) is 0.533. The third-order valence-electron chi connectivity index (χ3n) is 3.82. The van der Waals surface area contributed by atoms with Crippen LogP contribution in [0.3, 0.4) is 0 Å². The monoisotopic (exact) mass is 371 g/mol. The molecule has 0 aromatic heterocycles. The van der Waals surface area contributed by atoms with Crippen LogP contribution in [-0.2, 0) is 9.53 Å². The molecule has 1 amide bonds. The number of benzene rings is 2. The van der Waals surface area contributed by atoms with Gasteiger partial charge in [-0.25, -0.2) is 4.79 Å². The number of nitrogens with one attached hydrogen (secondary N) is 1. The van der Waals surface area contributed by atoms with Crippen LogP contribution in [0.5, 0.6) is 11.5 Å². The first-order valence-corrected chi connectivity index (χ1v) is 8.88. The third kappa shape index (κ3) is 6.33. The summed E-state index contributed by atoms with van der Waals surface area (Å²) in [7, 11) is 1.51. The van der Waals surface area contributed by atoms with E-state index in [-0.39, 0.29) is 12.2 Å². The molecular formula is C21H25NO5. The summed E-state index contributed by atoms with van der Waals surface area (Å²) in [6.07, 6.45) is 1.96. The van der Waals surface area contributed by atoms with E-state index < -0.39 is 11.9 Å². The minimum absolute atomic E-state index is 0.290. The molecule has 0 radical (unpaired) electrons. The number of methoxy groups -OCH3 is 1. The molecule has 0 bridgehead atoms. The summed E-state index contributed by atoms with van der Waals surface area (Å²) in [6, 6.07) is 12.1. The van der Waals surface area contributed by atoms with Crippen molar-refractivity contribution in [2.45, 2.75) is 26.7 Å². The van der Waals surface area contributed by atoms with Crippen LogP contribution in [0, 0.1) is 6.92 Å². The van der Waals surface area contributed by atoms with Gasteiger partial charge in [0.2, 0.25) is 0 Å². The van der Waals surface area contributed by atoms with E-state index in [2.05, 4.69) is 12.2 Å². The van der Waals surface area contributed by atoms with E-state index >= 15 is 0 Å². The lowest BCUT2D eigenvalue weighted by atomic mass is 10.2. The highest BCUT2D eigenvalue weighted by molar-refractivity contribution is 5.95. The second-order valence-electron chi connectivity index (χ2n) is 6.06. The zero-order valence-electron chi connectivity index (χ0n) is 15.9. The number of amides is 1. The van der Waals surface area contributed by atoms with Crippen molar-refractivity contribution in [3.05, 3.63) is 53.6 Å². The van der Waals surface area contributed by atoms with Gasteiger partial charge in [-0.15, -0.1) is 0 Å². The molecule has 0 aliphatic carbocycles. The lowest BCUT2D eigenvalue weighted by molar-refractivity contribution is -0.119. The number of esters is 1. The first-order chi connectivity index (χ1) is 13.0. The van der Waals surface area contributed by atoms with Crippen LogP contribution < -0.4 is 14.8 Å². The standard InChI is InChI=1S/C21H25NO5/c1-4-5-12-26-18-11-8-16(13-19(18)25-3)21(24)27-14-20(23)22-17-9-6-15(2)7-10-17/h6-11,13H,4-5,12,14H2,1-3H3,(H,22,23). The molecule has 0 atom stereocenters. The first-order valence-electron chi connectivity index (χ1n) is 8.88. The lowest BCUT2D eigenvalue weighted by Crippen LogP contribution is -2.21. The Morgan fingerprint density at radius 1 is 1.04 bits per heavy atom. The van der Waals surface area contributed by atoms with Crippen LogP contribution in [0.1, 0.15) is 35.7 Å². The number of hydrogen-bond donors (Lipinski definition) is 1. The van der Waals surface area contributed by atoms with Crippen LogP contribution in [0.2, 0.25) is 0 Å². The molecule has 0 saturated carbocycles. The van der Waals surface area contributed by atoms with Crippen LogP contribution in [0.4, 0.5) is 5.69 Å². The van der Waals surface area contributed by atoms with Crippen molar-refractivity contribution in [1.29, 1.82) is 0 Å². The SMILES string of the molecule is CCCCOc1ccc(C(=O)OCC(=O)Nc2ccc(C)cc2)cc1OC. The highest BCUT2D eigenvalue weighted by Crippen LogP contribution is 2.28. The number of anilines is 1. The summed E-state index contributed by atoms with van der Waals surface area (Å²) in [5.74, 6) is 0.00965. The van der Waals surface area contributed by atoms with Crippen molar-refractivity contribution in [3.63, 3.8) is 0 Å². The molecule has 0 spiro atoms. The number of unbranched alkanes of at least 4 members (excludes halogenated alkanes) is 1. The molecule has 0 aliphatic rings. The first kappa shape index (κ1) is 20.3. The Morgan fingerprint density at radius 3 is 2.44 bits per heavy atom. The molecule has 2 rings (SSSR count). The zero-order valence-corrected chi connectivity index (χ0v) is 15.9. The van der Waals surface area contributed by atoms with Gasteiger partial charge >= 0.3 is 5.97 Å². The van der Waals surface area contributed by atoms with E-state index in [9.17, 15) is 9.59 Å². The largest absolute Gasteiger partial charge is 0.493 e. The summed E-state index contributed by atoms with van der Waals surface area (Å²) >= 11 is 0. The number of carbonyl (C=O) groups excluding carboxylic acids is 2. The topological polar surface area (TPSA) is 73.9 Å². The van der Waals surface area contributed by atoms with Crippen molar-refractivity contribution in [1.82, 2.24) is 0 Å². The second kappa shape index (κ2) is 10.2. The van der Waals surface area contributed by atoms with Gasteiger partial charge in [-0.3, -0.25) is 4.79 Å². The van der Waals surface area contributed by atoms with Gasteiger partial charge < -0.3 is 19.5 Å². The van der Waals surface area contributed by atoms with E-state index in [1.54, 1.807) is 30.3 Å². The molecule has 2 aromatic rings. The van der Waals surface area contributed by atoms with Crippen molar-refractivity contribution >= 4 is 17.6 Å². The molecule has 0 heterocycles. The Kier molecular flexibility index (Phi) is 7.67. The predicted molar refractivity (Wildman–Crippen MR) is 103 cm³/mol. The number of carbonyl (C=O) groups is 2. The van der Waals surface area contributed by atoms with Crippen molar-refractivity contribution in [3.8, 4) is 11.5 Å². The molecule has 0 unspecified atom stereocenters. The summed E-state index contributed by atoms with van der Waals surface area (Å²) < 4.78 is 16.0. The summed E-state index contributed by atoms with van der Waals surface area (Å²) in [6.45, 7) is 4.25. The maximum atomic E-state index is 12.2. The van der Waals surface area contributed by atoms with E-state index in [4.69, 9.17) is 14.2 Å². The van der Waals surface area contributed by atoms with E-state index in [0.717, 1.165) is 18.4 Å². The smallest absolute Gasteiger partial charge is 0.338 e. The maximum Gasteiger partial charge on any atom is 0.338 e. The van der Waals surface area contributed by atoms with Crippen LogP contribution >= 0.6 is 0 Å². The van der Waals surface area contributed by atoms with Crippen LogP contribution in [-0.4, -0.2) is 32.2 Å². The molecule has 1 N–H and O–H groups in total. The fraction of sp³-hybridized carbons (Fsp3) is 0.333. The average molecular weight is 371 g/mol. The Labute approximate surface area is 159 Å².